The number of nitrogens with zero attached hydrogens (tertiary/aromatic N) is 3. The zero-order chi connectivity index (χ0) is 23.0. The predicted molar refractivity (Wildman–Crippen MR) is 123 cm³/mol. The summed E-state index contributed by atoms with van der Waals surface area (Å²) < 4.78 is 43.3. The molecule has 0 spiro atoms. The molecule has 0 saturated heterocycles. The van der Waals surface area contributed by atoms with Crippen molar-refractivity contribution in [1.29, 1.82) is 0 Å². The zero-order valence-electron chi connectivity index (χ0n) is 17.6. The van der Waals surface area contributed by atoms with Gasteiger partial charge < -0.3 is 14.6 Å². The number of aromatic nitrogens is 3. The summed E-state index contributed by atoms with van der Waals surface area (Å²) in [5, 5.41) is 5.64. The molecule has 0 aliphatic heterocycles. The van der Waals surface area contributed by atoms with Crippen molar-refractivity contribution in [1.82, 2.24) is 14.5 Å². The summed E-state index contributed by atoms with van der Waals surface area (Å²) in [6, 6.07) is 21.8. The van der Waals surface area contributed by atoms with E-state index in [1.165, 1.54) is 41.5 Å². The highest BCUT2D eigenvalue weighted by Gasteiger charge is 2.31. The summed E-state index contributed by atoms with van der Waals surface area (Å²) in [5.41, 5.74) is 4.45. The molecule has 0 aliphatic rings. The molecule has 5 nitrogen and oxygen atoms in total. The maximum atomic E-state index is 12.4. The quantitative estimate of drug-likeness (QED) is 0.317. The van der Waals surface area contributed by atoms with E-state index in [2.05, 4.69) is 55.8 Å². The van der Waals surface area contributed by atoms with Crippen molar-refractivity contribution in [3.63, 3.8) is 0 Å². The SMILES string of the molecule is CCn1c2ccccc2c2cc(Nc3cc(-c4ccc(OC(F)(F)F)cc4)ncn3)ccc21. The maximum Gasteiger partial charge on any atom is 0.573 e. The molecule has 0 atom stereocenters. The van der Waals surface area contributed by atoms with Crippen LogP contribution in [0.1, 0.15) is 6.92 Å². The van der Waals surface area contributed by atoms with Crippen LogP contribution in [-0.2, 0) is 6.54 Å². The van der Waals surface area contributed by atoms with Crippen LogP contribution in [0.4, 0.5) is 24.7 Å². The fraction of sp³-hybridized carbons (Fsp3) is 0.120. The average molecular weight is 448 g/mol. The molecule has 3 aromatic carbocycles. The fourth-order valence-corrected chi connectivity index (χ4v) is 4.03. The number of benzene rings is 3. The van der Waals surface area contributed by atoms with Gasteiger partial charge in [0.2, 0.25) is 0 Å². The Hall–Kier alpha value is -4.07. The summed E-state index contributed by atoms with van der Waals surface area (Å²) in [5.74, 6) is 0.299. The molecule has 0 radical (unpaired) electrons. The Morgan fingerprint density at radius 3 is 2.39 bits per heavy atom. The van der Waals surface area contributed by atoms with Gasteiger partial charge in [0.25, 0.3) is 0 Å². The summed E-state index contributed by atoms with van der Waals surface area (Å²) >= 11 is 0. The standard InChI is InChI=1S/C25H19F3N4O/c1-2-32-22-6-4-3-5-19(22)20-13-17(9-12-23(20)32)31-24-14-21(29-15-30-24)16-7-10-18(11-8-16)33-25(26,27)28/h3-15H,2H2,1H3,(H,29,30,31). The minimum Gasteiger partial charge on any atom is -0.406 e. The van der Waals surface area contributed by atoms with Gasteiger partial charge in [0, 0.05) is 45.7 Å². The number of rotatable bonds is 5. The largest absolute Gasteiger partial charge is 0.573 e. The van der Waals surface area contributed by atoms with Gasteiger partial charge in [0.1, 0.15) is 17.9 Å². The molecule has 33 heavy (non-hydrogen) atoms. The van der Waals surface area contributed by atoms with Crippen LogP contribution in [0.3, 0.4) is 0 Å². The van der Waals surface area contributed by atoms with Crippen molar-refractivity contribution in [3.8, 4) is 17.0 Å². The Labute approximate surface area is 187 Å². The highest BCUT2D eigenvalue weighted by atomic mass is 19.4. The van der Waals surface area contributed by atoms with E-state index >= 15 is 0 Å². The van der Waals surface area contributed by atoms with Gasteiger partial charge in [0.15, 0.2) is 0 Å². The Morgan fingerprint density at radius 1 is 0.879 bits per heavy atom. The number of para-hydroxylation sites is 1. The van der Waals surface area contributed by atoms with Crippen molar-refractivity contribution in [3.05, 3.63) is 79.1 Å². The number of hydrogen-bond acceptors (Lipinski definition) is 4. The van der Waals surface area contributed by atoms with E-state index in [0.29, 0.717) is 17.1 Å². The number of ether oxygens (including phenoxy) is 1. The summed E-state index contributed by atoms with van der Waals surface area (Å²) in [6.07, 6.45) is -3.31. The number of hydrogen-bond donors (Lipinski definition) is 1. The number of aryl methyl sites for hydroxylation is 1. The fourth-order valence-electron chi connectivity index (χ4n) is 4.03. The second-order valence-electron chi connectivity index (χ2n) is 7.48. The monoisotopic (exact) mass is 448 g/mol. The normalized spacial score (nSPS) is 11.8. The number of halogens is 3. The van der Waals surface area contributed by atoms with Crippen LogP contribution in [0.15, 0.2) is 79.1 Å². The third kappa shape index (κ3) is 4.19. The molecule has 0 unspecified atom stereocenters. The molecule has 5 aromatic rings. The van der Waals surface area contributed by atoms with E-state index in [4.69, 9.17) is 0 Å². The first-order valence-electron chi connectivity index (χ1n) is 10.4. The lowest BCUT2D eigenvalue weighted by Crippen LogP contribution is -2.16. The van der Waals surface area contributed by atoms with Crippen molar-refractivity contribution in [2.45, 2.75) is 19.8 Å². The molecule has 0 saturated carbocycles. The van der Waals surface area contributed by atoms with Crippen LogP contribution >= 0.6 is 0 Å². The van der Waals surface area contributed by atoms with Crippen LogP contribution < -0.4 is 10.1 Å². The summed E-state index contributed by atoms with van der Waals surface area (Å²) in [6.45, 7) is 3.00. The molecule has 2 aromatic heterocycles. The first-order chi connectivity index (χ1) is 15.9. The summed E-state index contributed by atoms with van der Waals surface area (Å²) in [4.78, 5) is 8.53. The molecule has 5 rings (SSSR count). The number of alkyl halides is 3. The van der Waals surface area contributed by atoms with Crippen LogP contribution in [0.5, 0.6) is 5.75 Å². The average Bonchev–Trinajstić information content (AvgIpc) is 3.12. The highest BCUT2D eigenvalue weighted by Crippen LogP contribution is 2.32. The minimum atomic E-state index is -4.72. The van der Waals surface area contributed by atoms with Gasteiger partial charge in [-0.05, 0) is 55.5 Å². The van der Waals surface area contributed by atoms with Crippen LogP contribution in [0, 0.1) is 0 Å². The molecule has 0 aliphatic carbocycles. The number of anilines is 2. The lowest BCUT2D eigenvalue weighted by molar-refractivity contribution is -0.274. The molecule has 1 N–H and O–H groups in total. The first-order valence-corrected chi connectivity index (χ1v) is 10.4. The lowest BCUT2D eigenvalue weighted by atomic mass is 10.1. The van der Waals surface area contributed by atoms with Gasteiger partial charge >= 0.3 is 6.36 Å². The van der Waals surface area contributed by atoms with E-state index < -0.39 is 6.36 Å². The maximum absolute atomic E-state index is 12.4. The van der Waals surface area contributed by atoms with Crippen LogP contribution in [-0.4, -0.2) is 20.9 Å². The van der Waals surface area contributed by atoms with Crippen LogP contribution in [0.2, 0.25) is 0 Å². The predicted octanol–water partition coefficient (Wildman–Crippen LogP) is 6.91. The molecule has 2 heterocycles. The van der Waals surface area contributed by atoms with Gasteiger partial charge in [-0.1, -0.05) is 18.2 Å². The number of nitrogens with one attached hydrogen (secondary N) is 1. The van der Waals surface area contributed by atoms with Crippen molar-refractivity contribution in [2.75, 3.05) is 5.32 Å². The second kappa shape index (κ2) is 8.12. The van der Waals surface area contributed by atoms with Crippen molar-refractivity contribution >= 4 is 33.3 Å². The van der Waals surface area contributed by atoms with Gasteiger partial charge in [-0.2, -0.15) is 0 Å². The Balaban J connectivity index is 1.43. The molecule has 0 amide bonds. The van der Waals surface area contributed by atoms with Crippen molar-refractivity contribution in [2.24, 2.45) is 0 Å². The van der Waals surface area contributed by atoms with E-state index in [9.17, 15) is 13.2 Å². The minimum absolute atomic E-state index is 0.279. The zero-order valence-corrected chi connectivity index (χ0v) is 17.6. The van der Waals surface area contributed by atoms with Gasteiger partial charge in [-0.15, -0.1) is 13.2 Å². The first kappa shape index (κ1) is 20.8. The highest BCUT2D eigenvalue weighted by molar-refractivity contribution is 6.09. The van der Waals surface area contributed by atoms with Crippen molar-refractivity contribution < 1.29 is 17.9 Å². The van der Waals surface area contributed by atoms with Gasteiger partial charge in [-0.3, -0.25) is 0 Å². The number of fused-ring (bicyclic) bond motifs is 3. The topological polar surface area (TPSA) is 52.0 Å². The molecular formula is C25H19F3N4O. The Bertz CT molecular complexity index is 1440. The summed E-state index contributed by atoms with van der Waals surface area (Å²) in [7, 11) is 0. The Kier molecular flexibility index (Phi) is 5.12. The van der Waals surface area contributed by atoms with E-state index in [1.54, 1.807) is 6.07 Å². The van der Waals surface area contributed by atoms with Gasteiger partial charge in [-0.25, -0.2) is 9.97 Å². The second-order valence-corrected chi connectivity index (χ2v) is 7.48. The molecular weight excluding hydrogens is 429 g/mol. The van der Waals surface area contributed by atoms with E-state index in [1.807, 2.05) is 18.2 Å². The van der Waals surface area contributed by atoms with Gasteiger partial charge in [0.05, 0.1) is 5.69 Å². The van der Waals surface area contributed by atoms with Crippen LogP contribution in [0.25, 0.3) is 33.1 Å². The molecule has 8 heteroatoms. The third-order valence-corrected chi connectivity index (χ3v) is 5.41. The molecule has 0 fully saturated rings. The third-order valence-electron chi connectivity index (χ3n) is 5.41. The molecule has 0 bridgehead atoms. The smallest absolute Gasteiger partial charge is 0.406 e. The van der Waals surface area contributed by atoms with E-state index in [-0.39, 0.29) is 5.75 Å². The lowest BCUT2D eigenvalue weighted by Gasteiger charge is -2.10. The van der Waals surface area contributed by atoms with E-state index in [0.717, 1.165) is 23.1 Å². The Morgan fingerprint density at radius 2 is 1.64 bits per heavy atom. The molecule has 166 valence electrons.